The molecule has 0 radical (unpaired) electrons. The Bertz CT molecular complexity index is 409. The molecule has 1 atom stereocenters. The van der Waals surface area contributed by atoms with E-state index in [1.165, 1.54) is 12.3 Å². The van der Waals surface area contributed by atoms with Crippen LogP contribution in [0.5, 0.6) is 0 Å². The summed E-state index contributed by atoms with van der Waals surface area (Å²) in [5.41, 5.74) is 4.86. The van der Waals surface area contributed by atoms with Gasteiger partial charge in [-0.1, -0.05) is 0 Å². The number of pyridine rings is 1. The van der Waals surface area contributed by atoms with Gasteiger partial charge in [-0.15, -0.1) is 0 Å². The first-order chi connectivity index (χ1) is 7.50. The zero-order valence-corrected chi connectivity index (χ0v) is 8.74. The first-order valence-electron chi connectivity index (χ1n) is 4.69. The molecule has 0 saturated heterocycles. The van der Waals surface area contributed by atoms with Crippen molar-refractivity contribution in [2.24, 2.45) is 5.73 Å². The molecule has 16 heavy (non-hydrogen) atoms. The van der Waals surface area contributed by atoms with Crippen molar-refractivity contribution >= 4 is 11.8 Å². The van der Waals surface area contributed by atoms with Gasteiger partial charge in [0.15, 0.2) is 5.82 Å². The van der Waals surface area contributed by atoms with Gasteiger partial charge >= 0.3 is 0 Å². The maximum atomic E-state index is 13.1. The third-order valence-electron chi connectivity index (χ3n) is 1.90. The number of nitrogens with one attached hydrogen (secondary N) is 1. The van der Waals surface area contributed by atoms with Crippen LogP contribution in [0.4, 0.5) is 4.39 Å². The van der Waals surface area contributed by atoms with Crippen LogP contribution in [0.25, 0.3) is 0 Å². The molecule has 1 aromatic rings. The average molecular weight is 225 g/mol. The van der Waals surface area contributed by atoms with Crippen molar-refractivity contribution in [2.75, 3.05) is 0 Å². The lowest BCUT2D eigenvalue weighted by molar-refractivity contribution is -0.118. The van der Waals surface area contributed by atoms with E-state index in [-0.39, 0.29) is 12.0 Å². The first-order valence-corrected chi connectivity index (χ1v) is 4.69. The molecule has 0 saturated carbocycles. The summed E-state index contributed by atoms with van der Waals surface area (Å²) in [6.07, 6.45) is 2.28. The second kappa shape index (κ2) is 5.20. The van der Waals surface area contributed by atoms with Crippen LogP contribution < -0.4 is 11.1 Å². The smallest absolute Gasteiger partial charge is 0.254 e. The molecule has 0 aliphatic heterocycles. The minimum Gasteiger partial charge on any atom is -0.370 e. The lowest BCUT2D eigenvalue weighted by Crippen LogP contribution is -2.36. The Morgan fingerprint density at radius 3 is 2.88 bits per heavy atom. The van der Waals surface area contributed by atoms with E-state index in [1.807, 2.05) is 0 Å². The molecule has 1 unspecified atom stereocenters. The van der Waals surface area contributed by atoms with Crippen LogP contribution >= 0.6 is 0 Å². The largest absolute Gasteiger partial charge is 0.370 e. The van der Waals surface area contributed by atoms with E-state index in [0.29, 0.717) is 0 Å². The van der Waals surface area contributed by atoms with Crippen molar-refractivity contribution in [2.45, 2.75) is 19.4 Å². The van der Waals surface area contributed by atoms with Gasteiger partial charge in [0.2, 0.25) is 5.91 Å². The Morgan fingerprint density at radius 1 is 1.62 bits per heavy atom. The highest BCUT2D eigenvalue weighted by Crippen LogP contribution is 2.04. The molecule has 0 aromatic carbocycles. The molecule has 1 rings (SSSR count). The lowest BCUT2D eigenvalue weighted by Gasteiger charge is -2.11. The van der Waals surface area contributed by atoms with E-state index in [1.54, 1.807) is 6.92 Å². The number of amides is 2. The van der Waals surface area contributed by atoms with Crippen LogP contribution in [0.1, 0.15) is 23.7 Å². The summed E-state index contributed by atoms with van der Waals surface area (Å²) in [5.74, 6) is -1.82. The van der Waals surface area contributed by atoms with Gasteiger partial charge in [-0.05, 0) is 13.0 Å². The normalized spacial score (nSPS) is 11.9. The highest BCUT2D eigenvalue weighted by molar-refractivity contribution is 5.94. The van der Waals surface area contributed by atoms with Gasteiger partial charge in [0, 0.05) is 18.7 Å². The number of aromatic nitrogens is 1. The molecule has 0 spiro atoms. The van der Waals surface area contributed by atoms with Crippen LogP contribution in [-0.2, 0) is 4.79 Å². The summed E-state index contributed by atoms with van der Waals surface area (Å²) in [5, 5.41) is 2.46. The van der Waals surface area contributed by atoms with Crippen LogP contribution in [-0.4, -0.2) is 22.8 Å². The molecule has 2 amide bonds. The Kier molecular flexibility index (Phi) is 3.93. The molecular weight excluding hydrogens is 213 g/mol. The van der Waals surface area contributed by atoms with E-state index in [2.05, 4.69) is 10.3 Å². The highest BCUT2D eigenvalue weighted by atomic mass is 19.1. The van der Waals surface area contributed by atoms with Crippen molar-refractivity contribution in [3.05, 3.63) is 29.8 Å². The Balaban J connectivity index is 2.66. The predicted molar refractivity (Wildman–Crippen MR) is 54.9 cm³/mol. The molecule has 5 nitrogen and oxygen atoms in total. The molecule has 6 heteroatoms. The Labute approximate surface area is 91.9 Å². The monoisotopic (exact) mass is 225 g/mol. The third-order valence-corrected chi connectivity index (χ3v) is 1.90. The second-order valence-corrected chi connectivity index (χ2v) is 3.40. The van der Waals surface area contributed by atoms with E-state index in [0.717, 1.165) is 6.20 Å². The zero-order valence-electron chi connectivity index (χ0n) is 8.74. The molecule has 86 valence electrons. The molecule has 1 heterocycles. The fraction of sp³-hybridized carbons (Fsp3) is 0.300. The number of nitrogens with zero attached hydrogens (tertiary/aromatic N) is 1. The van der Waals surface area contributed by atoms with E-state index >= 15 is 0 Å². The summed E-state index contributed by atoms with van der Waals surface area (Å²) >= 11 is 0. The standard InChI is InChI=1S/C10H12FN3O2/c1-6(4-9(12)15)14-10(16)7-2-3-13-5-8(7)11/h2-3,5-6H,4H2,1H3,(H2,12,15)(H,14,16). The lowest BCUT2D eigenvalue weighted by atomic mass is 10.2. The summed E-state index contributed by atoms with van der Waals surface area (Å²) in [4.78, 5) is 25.6. The summed E-state index contributed by atoms with van der Waals surface area (Å²) < 4.78 is 13.1. The minimum atomic E-state index is -0.703. The van der Waals surface area contributed by atoms with Crippen LogP contribution in [0, 0.1) is 5.82 Å². The van der Waals surface area contributed by atoms with Crippen molar-refractivity contribution in [3.8, 4) is 0 Å². The predicted octanol–water partition coefficient (Wildman–Crippen LogP) is 0.214. The van der Waals surface area contributed by atoms with Crippen LogP contribution in [0.15, 0.2) is 18.5 Å². The van der Waals surface area contributed by atoms with Crippen molar-refractivity contribution in [1.82, 2.24) is 10.3 Å². The molecule has 1 aromatic heterocycles. The summed E-state index contributed by atoms with van der Waals surface area (Å²) in [6.45, 7) is 1.61. The maximum absolute atomic E-state index is 13.1. The number of hydrogen-bond acceptors (Lipinski definition) is 3. The fourth-order valence-corrected chi connectivity index (χ4v) is 1.21. The van der Waals surface area contributed by atoms with Gasteiger partial charge in [-0.25, -0.2) is 4.39 Å². The van der Waals surface area contributed by atoms with Gasteiger partial charge in [0.25, 0.3) is 5.91 Å². The number of carbonyl (C=O) groups excluding carboxylic acids is 2. The zero-order chi connectivity index (χ0) is 12.1. The molecule has 0 aliphatic rings. The molecule has 0 fully saturated rings. The first kappa shape index (κ1) is 12.1. The minimum absolute atomic E-state index is 0.0123. The summed E-state index contributed by atoms with van der Waals surface area (Å²) in [7, 11) is 0. The number of carbonyl (C=O) groups is 2. The number of halogens is 1. The van der Waals surface area contributed by atoms with Gasteiger partial charge < -0.3 is 11.1 Å². The molecule has 3 N–H and O–H groups in total. The van der Waals surface area contributed by atoms with Gasteiger partial charge in [0.1, 0.15) is 0 Å². The molecule has 0 bridgehead atoms. The maximum Gasteiger partial charge on any atom is 0.254 e. The van der Waals surface area contributed by atoms with Gasteiger partial charge in [-0.2, -0.15) is 0 Å². The van der Waals surface area contributed by atoms with Gasteiger partial charge in [0.05, 0.1) is 11.8 Å². The number of hydrogen-bond donors (Lipinski definition) is 2. The molecule has 0 aliphatic carbocycles. The van der Waals surface area contributed by atoms with E-state index in [9.17, 15) is 14.0 Å². The number of rotatable bonds is 4. The quantitative estimate of drug-likeness (QED) is 0.768. The topological polar surface area (TPSA) is 85.1 Å². The van der Waals surface area contributed by atoms with Crippen LogP contribution in [0.2, 0.25) is 0 Å². The summed E-state index contributed by atoms with van der Waals surface area (Å²) in [6, 6.07) is 0.833. The molecular formula is C10H12FN3O2. The van der Waals surface area contributed by atoms with Crippen molar-refractivity contribution in [1.29, 1.82) is 0 Å². The average Bonchev–Trinajstić information content (AvgIpc) is 2.16. The third kappa shape index (κ3) is 3.30. The number of primary amides is 1. The van der Waals surface area contributed by atoms with E-state index in [4.69, 9.17) is 5.73 Å². The second-order valence-electron chi connectivity index (χ2n) is 3.40. The number of nitrogens with two attached hydrogens (primary N) is 1. The Morgan fingerprint density at radius 2 is 2.31 bits per heavy atom. The fourth-order valence-electron chi connectivity index (χ4n) is 1.21. The SMILES string of the molecule is CC(CC(N)=O)NC(=O)c1ccncc1F. The van der Waals surface area contributed by atoms with Crippen LogP contribution in [0.3, 0.4) is 0 Å². The van der Waals surface area contributed by atoms with E-state index < -0.39 is 23.7 Å². The van der Waals surface area contributed by atoms with Crippen molar-refractivity contribution < 1.29 is 14.0 Å². The highest BCUT2D eigenvalue weighted by Gasteiger charge is 2.14. The van der Waals surface area contributed by atoms with Crippen molar-refractivity contribution in [3.63, 3.8) is 0 Å². The van der Waals surface area contributed by atoms with Gasteiger partial charge in [-0.3, -0.25) is 14.6 Å². The Hall–Kier alpha value is -1.98.